The Kier molecular flexibility index (Phi) is 2.20. The molecule has 0 bridgehead atoms. The first kappa shape index (κ1) is 10.7. The van der Waals surface area contributed by atoms with E-state index in [-0.39, 0.29) is 5.41 Å². The van der Waals surface area contributed by atoms with Crippen LogP contribution in [0.25, 0.3) is 0 Å². The van der Waals surface area contributed by atoms with E-state index in [4.69, 9.17) is 0 Å². The second-order valence-corrected chi connectivity index (χ2v) is 5.71. The van der Waals surface area contributed by atoms with Gasteiger partial charge < -0.3 is 5.11 Å². The monoisotopic (exact) mass is 204 g/mol. The number of aliphatic hydroxyl groups is 1. The molecule has 1 heteroatoms. The van der Waals surface area contributed by atoms with Gasteiger partial charge in [-0.3, -0.25) is 0 Å². The lowest BCUT2D eigenvalue weighted by Crippen LogP contribution is -2.35. The van der Waals surface area contributed by atoms with E-state index >= 15 is 0 Å². The molecule has 82 valence electrons. The molecule has 0 aliphatic heterocycles. The molecule has 0 aromatic heterocycles. The van der Waals surface area contributed by atoms with Crippen molar-refractivity contribution in [3.8, 4) is 0 Å². The molecule has 0 saturated heterocycles. The molecule has 1 N–H and O–H groups in total. The Balaban J connectivity index is 2.64. The van der Waals surface area contributed by atoms with Gasteiger partial charge in [0, 0.05) is 0 Å². The molecule has 1 aromatic rings. The molecule has 15 heavy (non-hydrogen) atoms. The van der Waals surface area contributed by atoms with Gasteiger partial charge in [0.05, 0.1) is 5.60 Å². The second kappa shape index (κ2) is 3.08. The molecular formula is C14H20O. The van der Waals surface area contributed by atoms with Crippen LogP contribution in [0.1, 0.15) is 50.3 Å². The van der Waals surface area contributed by atoms with Gasteiger partial charge in [0.1, 0.15) is 0 Å². The van der Waals surface area contributed by atoms with Crippen molar-refractivity contribution in [2.45, 2.75) is 51.6 Å². The Labute approximate surface area is 92.1 Å². The summed E-state index contributed by atoms with van der Waals surface area (Å²) in [4.78, 5) is 0. The van der Waals surface area contributed by atoms with Gasteiger partial charge in [-0.05, 0) is 43.2 Å². The van der Waals surface area contributed by atoms with Crippen molar-refractivity contribution < 1.29 is 5.11 Å². The number of hydrogen-bond donors (Lipinski definition) is 1. The molecule has 1 unspecified atom stereocenters. The smallest absolute Gasteiger partial charge is 0.0871 e. The van der Waals surface area contributed by atoms with Gasteiger partial charge in [-0.15, -0.1) is 0 Å². The fourth-order valence-electron chi connectivity index (χ4n) is 2.51. The van der Waals surface area contributed by atoms with E-state index in [1.54, 1.807) is 0 Å². The zero-order chi connectivity index (χ0) is 11.3. The highest BCUT2D eigenvalue weighted by molar-refractivity contribution is 5.42. The molecule has 0 radical (unpaired) electrons. The van der Waals surface area contributed by atoms with Crippen molar-refractivity contribution >= 4 is 0 Å². The van der Waals surface area contributed by atoms with Crippen molar-refractivity contribution in [1.82, 2.24) is 0 Å². The number of aryl methyl sites for hydroxylation is 1. The molecule has 0 saturated carbocycles. The molecule has 1 nitrogen and oxygen atoms in total. The van der Waals surface area contributed by atoms with Crippen LogP contribution in [0, 0.1) is 6.92 Å². The minimum Gasteiger partial charge on any atom is -0.385 e. The first-order chi connectivity index (χ1) is 6.83. The lowest BCUT2D eigenvalue weighted by molar-refractivity contribution is 0.0277. The average Bonchev–Trinajstić information content (AvgIpc) is 2.13. The molecule has 1 aromatic carbocycles. The quantitative estimate of drug-likeness (QED) is 0.687. The fourth-order valence-corrected chi connectivity index (χ4v) is 2.51. The molecule has 0 spiro atoms. The highest BCUT2D eigenvalue weighted by atomic mass is 16.3. The van der Waals surface area contributed by atoms with E-state index in [0.717, 1.165) is 18.4 Å². The summed E-state index contributed by atoms with van der Waals surface area (Å²) >= 11 is 0. The van der Waals surface area contributed by atoms with Crippen molar-refractivity contribution in [2.24, 2.45) is 0 Å². The van der Waals surface area contributed by atoms with Gasteiger partial charge in [-0.1, -0.05) is 37.6 Å². The van der Waals surface area contributed by atoms with Crippen LogP contribution in [0.2, 0.25) is 0 Å². The van der Waals surface area contributed by atoms with Crippen LogP contribution in [-0.2, 0) is 11.0 Å². The molecule has 1 aliphatic carbocycles. The van der Waals surface area contributed by atoms with Crippen molar-refractivity contribution in [2.75, 3.05) is 0 Å². The van der Waals surface area contributed by atoms with Crippen LogP contribution in [-0.4, -0.2) is 5.11 Å². The molecule has 0 heterocycles. The summed E-state index contributed by atoms with van der Waals surface area (Å²) < 4.78 is 0. The summed E-state index contributed by atoms with van der Waals surface area (Å²) in [5, 5.41) is 10.3. The van der Waals surface area contributed by atoms with E-state index < -0.39 is 5.60 Å². The highest BCUT2D eigenvalue weighted by Gasteiger charge is 2.38. The van der Waals surface area contributed by atoms with E-state index in [0.29, 0.717) is 0 Å². The van der Waals surface area contributed by atoms with E-state index in [2.05, 4.69) is 39.0 Å². The van der Waals surface area contributed by atoms with Gasteiger partial charge in [-0.25, -0.2) is 0 Å². The Bertz CT molecular complexity index is 388. The topological polar surface area (TPSA) is 20.2 Å². The summed E-state index contributed by atoms with van der Waals surface area (Å²) in [6, 6.07) is 6.41. The van der Waals surface area contributed by atoms with Crippen molar-refractivity contribution in [3.05, 3.63) is 34.9 Å². The molecule has 0 amide bonds. The summed E-state index contributed by atoms with van der Waals surface area (Å²) in [5.74, 6) is 0. The summed E-state index contributed by atoms with van der Waals surface area (Å²) in [6.45, 7) is 8.57. The van der Waals surface area contributed by atoms with E-state index in [9.17, 15) is 5.11 Å². The number of fused-ring (bicyclic) bond motifs is 1. The van der Waals surface area contributed by atoms with Gasteiger partial charge in [0.2, 0.25) is 0 Å². The maximum atomic E-state index is 10.3. The van der Waals surface area contributed by atoms with Gasteiger partial charge in [0.15, 0.2) is 0 Å². The average molecular weight is 204 g/mol. The predicted octanol–water partition coefficient (Wildman–Crippen LogP) is 3.27. The maximum Gasteiger partial charge on any atom is 0.0871 e. The maximum absolute atomic E-state index is 10.3. The third-order valence-electron chi connectivity index (χ3n) is 3.72. The summed E-state index contributed by atoms with van der Waals surface area (Å²) in [6.07, 6.45) is 1.91. The Morgan fingerprint density at radius 2 is 1.73 bits per heavy atom. The largest absolute Gasteiger partial charge is 0.385 e. The third kappa shape index (κ3) is 1.69. The van der Waals surface area contributed by atoms with Crippen LogP contribution in [0.4, 0.5) is 0 Å². The van der Waals surface area contributed by atoms with Crippen LogP contribution in [0.15, 0.2) is 18.2 Å². The second-order valence-electron chi connectivity index (χ2n) is 5.71. The minimum atomic E-state index is -0.640. The lowest BCUT2D eigenvalue weighted by Gasteiger charge is -2.40. The molecule has 2 rings (SSSR count). The number of hydrogen-bond acceptors (Lipinski definition) is 1. The van der Waals surface area contributed by atoms with Crippen LogP contribution in [0.3, 0.4) is 0 Å². The van der Waals surface area contributed by atoms with Crippen molar-refractivity contribution in [1.29, 1.82) is 0 Å². The Morgan fingerprint density at radius 1 is 1.07 bits per heavy atom. The molecule has 1 atom stereocenters. The van der Waals surface area contributed by atoms with Gasteiger partial charge >= 0.3 is 0 Å². The van der Waals surface area contributed by atoms with Gasteiger partial charge in [-0.2, -0.15) is 0 Å². The van der Waals surface area contributed by atoms with E-state index in [1.807, 2.05) is 6.92 Å². The highest BCUT2D eigenvalue weighted by Crippen LogP contribution is 2.44. The standard InChI is InChI=1S/C14H20O/c1-10-5-6-11-12(9-10)13(2,3)7-8-14(11,4)15/h5-6,9,15H,7-8H2,1-4H3. The van der Waals surface area contributed by atoms with Gasteiger partial charge in [0.25, 0.3) is 0 Å². The first-order valence-electron chi connectivity index (χ1n) is 5.67. The normalized spacial score (nSPS) is 28.6. The van der Waals surface area contributed by atoms with E-state index in [1.165, 1.54) is 11.1 Å². The first-order valence-corrected chi connectivity index (χ1v) is 5.67. The van der Waals surface area contributed by atoms with Crippen LogP contribution < -0.4 is 0 Å². The summed E-state index contributed by atoms with van der Waals surface area (Å²) in [7, 11) is 0. The third-order valence-corrected chi connectivity index (χ3v) is 3.72. The Hall–Kier alpha value is -0.820. The molecular weight excluding hydrogens is 184 g/mol. The fraction of sp³-hybridized carbons (Fsp3) is 0.571. The molecule has 1 aliphatic rings. The van der Waals surface area contributed by atoms with Crippen LogP contribution in [0.5, 0.6) is 0 Å². The predicted molar refractivity (Wildman–Crippen MR) is 63.0 cm³/mol. The summed E-state index contributed by atoms with van der Waals surface area (Å²) in [5.41, 5.74) is 3.27. The van der Waals surface area contributed by atoms with Crippen LogP contribution >= 0.6 is 0 Å². The SMILES string of the molecule is Cc1ccc2c(c1)C(C)(C)CCC2(C)O. The lowest BCUT2D eigenvalue weighted by atomic mass is 9.67. The zero-order valence-electron chi connectivity index (χ0n) is 10.1. The Morgan fingerprint density at radius 3 is 2.40 bits per heavy atom. The zero-order valence-corrected chi connectivity index (χ0v) is 10.1. The minimum absolute atomic E-state index is 0.198. The molecule has 0 fully saturated rings. The number of benzene rings is 1. The van der Waals surface area contributed by atoms with Crippen molar-refractivity contribution in [3.63, 3.8) is 0 Å². The number of rotatable bonds is 0.